The number of aryl methyl sites for hydroxylation is 1. The summed E-state index contributed by atoms with van der Waals surface area (Å²) in [6.07, 6.45) is 6.70. The third kappa shape index (κ3) is 4.68. The molecule has 25 heavy (non-hydrogen) atoms. The molecule has 0 saturated carbocycles. The number of aromatic nitrogens is 3. The van der Waals surface area contributed by atoms with Crippen molar-refractivity contribution in [3.8, 4) is 5.75 Å². The van der Waals surface area contributed by atoms with Crippen molar-refractivity contribution < 1.29 is 9.53 Å². The van der Waals surface area contributed by atoms with Gasteiger partial charge in [-0.15, -0.1) is 10.2 Å². The van der Waals surface area contributed by atoms with Crippen molar-refractivity contribution in [2.45, 2.75) is 52.3 Å². The molecule has 0 spiro atoms. The number of benzene rings is 1. The first-order valence-electron chi connectivity index (χ1n) is 8.75. The van der Waals surface area contributed by atoms with Crippen LogP contribution in [0.4, 0.5) is 0 Å². The molecule has 0 unspecified atom stereocenters. The Morgan fingerprint density at radius 3 is 3.08 bits per heavy atom. The van der Waals surface area contributed by atoms with E-state index in [1.165, 1.54) is 6.08 Å². The summed E-state index contributed by atoms with van der Waals surface area (Å²) in [6, 6.07) is 7.67. The molecule has 3 rings (SSSR count). The van der Waals surface area contributed by atoms with Gasteiger partial charge >= 0.3 is 0 Å². The van der Waals surface area contributed by atoms with Gasteiger partial charge in [0.05, 0.1) is 12.6 Å². The van der Waals surface area contributed by atoms with E-state index in [1.807, 2.05) is 38.1 Å². The number of rotatable bonds is 6. The van der Waals surface area contributed by atoms with Crippen LogP contribution in [0.5, 0.6) is 5.75 Å². The van der Waals surface area contributed by atoms with E-state index in [-0.39, 0.29) is 12.0 Å². The van der Waals surface area contributed by atoms with E-state index in [0.717, 1.165) is 48.8 Å². The first-order chi connectivity index (χ1) is 12.1. The molecule has 0 radical (unpaired) electrons. The van der Waals surface area contributed by atoms with Gasteiger partial charge in [-0.3, -0.25) is 4.79 Å². The topological polar surface area (TPSA) is 69.0 Å². The predicted octanol–water partition coefficient (Wildman–Crippen LogP) is 2.73. The standard InChI is InChI=1S/C19H24N4O2/c1-14(2)25-16-7-5-6-15(12-16)9-10-19(24)20-13-18-22-21-17-8-3-4-11-23(17)18/h5-7,9-10,12,14H,3-4,8,11,13H2,1-2H3,(H,20,24)/b10-9+. The molecule has 0 aliphatic carbocycles. The third-order valence-corrected chi connectivity index (χ3v) is 4.01. The zero-order chi connectivity index (χ0) is 17.6. The molecule has 0 fully saturated rings. The number of ether oxygens (including phenoxy) is 1. The highest BCUT2D eigenvalue weighted by Gasteiger charge is 2.15. The Bertz CT molecular complexity index is 765. The lowest BCUT2D eigenvalue weighted by Gasteiger charge is -2.14. The van der Waals surface area contributed by atoms with Crippen LogP contribution >= 0.6 is 0 Å². The molecular weight excluding hydrogens is 316 g/mol. The lowest BCUT2D eigenvalue weighted by molar-refractivity contribution is -0.116. The van der Waals surface area contributed by atoms with Crippen molar-refractivity contribution in [1.82, 2.24) is 20.1 Å². The van der Waals surface area contributed by atoms with Crippen molar-refractivity contribution in [1.29, 1.82) is 0 Å². The van der Waals surface area contributed by atoms with Crippen molar-refractivity contribution in [3.05, 3.63) is 47.6 Å². The summed E-state index contributed by atoms with van der Waals surface area (Å²) in [5, 5.41) is 11.2. The van der Waals surface area contributed by atoms with Crippen LogP contribution in [0.25, 0.3) is 6.08 Å². The minimum absolute atomic E-state index is 0.122. The summed E-state index contributed by atoms with van der Waals surface area (Å²) >= 11 is 0. The fraction of sp³-hybridized carbons (Fsp3) is 0.421. The van der Waals surface area contributed by atoms with Gasteiger partial charge in [0.15, 0.2) is 5.82 Å². The zero-order valence-corrected chi connectivity index (χ0v) is 14.7. The van der Waals surface area contributed by atoms with Crippen LogP contribution in [0.3, 0.4) is 0 Å². The zero-order valence-electron chi connectivity index (χ0n) is 14.7. The van der Waals surface area contributed by atoms with Crippen LogP contribution in [0.2, 0.25) is 0 Å². The highest BCUT2D eigenvalue weighted by molar-refractivity contribution is 5.91. The van der Waals surface area contributed by atoms with Gasteiger partial charge in [-0.1, -0.05) is 12.1 Å². The summed E-state index contributed by atoms with van der Waals surface area (Å²) in [5.41, 5.74) is 0.924. The Kier molecular flexibility index (Phi) is 5.48. The maximum Gasteiger partial charge on any atom is 0.244 e. The molecule has 1 aliphatic heterocycles. The van der Waals surface area contributed by atoms with E-state index in [4.69, 9.17) is 4.74 Å². The molecule has 2 heterocycles. The molecule has 6 heteroatoms. The van der Waals surface area contributed by atoms with Gasteiger partial charge in [0, 0.05) is 19.0 Å². The van der Waals surface area contributed by atoms with Crippen LogP contribution in [0.1, 0.15) is 43.9 Å². The SMILES string of the molecule is CC(C)Oc1cccc(/C=C/C(=O)NCc2nnc3n2CCCC3)c1. The normalized spacial score (nSPS) is 13.9. The molecule has 0 saturated heterocycles. The van der Waals surface area contributed by atoms with Crippen molar-refractivity contribution >= 4 is 12.0 Å². The number of fused-ring (bicyclic) bond motifs is 1. The Labute approximate surface area is 147 Å². The minimum atomic E-state index is -0.150. The number of nitrogens with one attached hydrogen (secondary N) is 1. The Morgan fingerprint density at radius 1 is 1.36 bits per heavy atom. The third-order valence-electron chi connectivity index (χ3n) is 4.01. The molecule has 1 N–H and O–H groups in total. The Balaban J connectivity index is 1.55. The van der Waals surface area contributed by atoms with Crippen molar-refractivity contribution in [3.63, 3.8) is 0 Å². The minimum Gasteiger partial charge on any atom is -0.491 e. The van der Waals surface area contributed by atoms with Gasteiger partial charge in [0.25, 0.3) is 0 Å². The van der Waals surface area contributed by atoms with Crippen LogP contribution < -0.4 is 10.1 Å². The van der Waals surface area contributed by atoms with Gasteiger partial charge < -0.3 is 14.6 Å². The smallest absolute Gasteiger partial charge is 0.244 e. The molecule has 6 nitrogen and oxygen atoms in total. The quantitative estimate of drug-likeness (QED) is 0.821. The van der Waals surface area contributed by atoms with E-state index in [1.54, 1.807) is 6.08 Å². The maximum absolute atomic E-state index is 12.1. The first kappa shape index (κ1) is 17.2. The van der Waals surface area contributed by atoms with Crippen molar-refractivity contribution in [2.24, 2.45) is 0 Å². The number of hydrogen-bond donors (Lipinski definition) is 1. The van der Waals surface area contributed by atoms with E-state index < -0.39 is 0 Å². The van der Waals surface area contributed by atoms with Crippen LogP contribution in [0, 0.1) is 0 Å². The monoisotopic (exact) mass is 340 g/mol. The Hall–Kier alpha value is -2.63. The van der Waals surface area contributed by atoms with E-state index in [0.29, 0.717) is 6.54 Å². The predicted molar refractivity (Wildman–Crippen MR) is 96.0 cm³/mol. The number of carbonyl (C=O) groups excluding carboxylic acids is 1. The number of hydrogen-bond acceptors (Lipinski definition) is 4. The van der Waals surface area contributed by atoms with Crippen molar-refractivity contribution in [2.75, 3.05) is 0 Å². The molecular formula is C19H24N4O2. The van der Waals surface area contributed by atoms with E-state index in [9.17, 15) is 4.79 Å². The lowest BCUT2D eigenvalue weighted by atomic mass is 10.2. The summed E-state index contributed by atoms with van der Waals surface area (Å²) in [5.74, 6) is 2.49. The number of amides is 1. The van der Waals surface area contributed by atoms with Gasteiger partial charge in [-0.2, -0.15) is 0 Å². The first-order valence-corrected chi connectivity index (χ1v) is 8.75. The van der Waals surface area contributed by atoms with Crippen LogP contribution in [0.15, 0.2) is 30.3 Å². The number of carbonyl (C=O) groups is 1. The van der Waals surface area contributed by atoms with E-state index >= 15 is 0 Å². The fourth-order valence-electron chi connectivity index (χ4n) is 2.86. The summed E-state index contributed by atoms with van der Waals surface area (Å²) in [6.45, 7) is 5.30. The Morgan fingerprint density at radius 2 is 2.24 bits per heavy atom. The second-order valence-corrected chi connectivity index (χ2v) is 6.43. The van der Waals surface area contributed by atoms with Crippen LogP contribution in [-0.2, 0) is 24.3 Å². The lowest BCUT2D eigenvalue weighted by Crippen LogP contribution is -2.24. The van der Waals surface area contributed by atoms with Gasteiger partial charge in [0.1, 0.15) is 11.6 Å². The van der Waals surface area contributed by atoms with Gasteiger partial charge in [-0.25, -0.2) is 0 Å². The second-order valence-electron chi connectivity index (χ2n) is 6.43. The molecule has 1 aromatic heterocycles. The summed E-state index contributed by atoms with van der Waals surface area (Å²) in [7, 11) is 0. The molecule has 1 aliphatic rings. The fourth-order valence-corrected chi connectivity index (χ4v) is 2.86. The molecule has 132 valence electrons. The molecule has 1 amide bonds. The average Bonchev–Trinajstić information content (AvgIpc) is 3.01. The molecule has 1 aromatic carbocycles. The molecule has 0 bridgehead atoms. The highest BCUT2D eigenvalue weighted by Crippen LogP contribution is 2.16. The molecule has 2 aromatic rings. The maximum atomic E-state index is 12.1. The van der Waals surface area contributed by atoms with Gasteiger partial charge in [-0.05, 0) is 50.5 Å². The largest absolute Gasteiger partial charge is 0.491 e. The second kappa shape index (κ2) is 7.96. The summed E-state index contributed by atoms with van der Waals surface area (Å²) in [4.78, 5) is 12.1. The van der Waals surface area contributed by atoms with Crippen LogP contribution in [-0.4, -0.2) is 26.8 Å². The summed E-state index contributed by atoms with van der Waals surface area (Å²) < 4.78 is 7.77. The average molecular weight is 340 g/mol. The molecule has 0 atom stereocenters. The van der Waals surface area contributed by atoms with E-state index in [2.05, 4.69) is 20.1 Å². The number of nitrogens with zero attached hydrogens (tertiary/aromatic N) is 3. The highest BCUT2D eigenvalue weighted by atomic mass is 16.5. The van der Waals surface area contributed by atoms with Gasteiger partial charge in [0.2, 0.25) is 5.91 Å².